The summed E-state index contributed by atoms with van der Waals surface area (Å²) in [5, 5.41) is 0. The Morgan fingerprint density at radius 1 is 0.929 bits per heavy atom. The molecule has 0 saturated heterocycles. The number of hydrogen-bond acceptors (Lipinski definition) is 0. The van der Waals surface area contributed by atoms with Crippen LogP contribution in [0.5, 0.6) is 0 Å². The van der Waals surface area contributed by atoms with E-state index in [-0.39, 0.29) is 0 Å². The van der Waals surface area contributed by atoms with E-state index in [0.717, 1.165) is 5.92 Å². The summed E-state index contributed by atoms with van der Waals surface area (Å²) in [6, 6.07) is 4.72. The molecule has 0 nitrogen and oxygen atoms in total. The maximum Gasteiger partial charge on any atom is -0.0167 e. The molecular weight excluding hydrogens is 168 g/mol. The topological polar surface area (TPSA) is 0 Å². The lowest BCUT2D eigenvalue weighted by Gasteiger charge is -2.16. The van der Waals surface area contributed by atoms with E-state index in [1.54, 1.807) is 0 Å². The van der Waals surface area contributed by atoms with E-state index in [1.807, 2.05) is 0 Å². The molecule has 14 heavy (non-hydrogen) atoms. The SMILES string of the molecule is CCC(CC)c1cc(C)c(C)c(C)c1. The Kier molecular flexibility index (Phi) is 3.74. The Morgan fingerprint density at radius 2 is 1.36 bits per heavy atom. The molecule has 0 aliphatic heterocycles. The normalized spacial score (nSPS) is 11.0. The highest BCUT2D eigenvalue weighted by molar-refractivity contribution is 5.38. The van der Waals surface area contributed by atoms with Crippen LogP contribution in [0.15, 0.2) is 12.1 Å². The molecule has 0 bridgehead atoms. The second kappa shape index (κ2) is 4.63. The average Bonchev–Trinajstić information content (AvgIpc) is 2.16. The van der Waals surface area contributed by atoms with E-state index in [1.165, 1.54) is 35.1 Å². The van der Waals surface area contributed by atoms with Gasteiger partial charge in [0.1, 0.15) is 0 Å². The van der Waals surface area contributed by atoms with Crippen molar-refractivity contribution in [2.75, 3.05) is 0 Å². The first-order chi connectivity index (χ1) is 6.60. The summed E-state index contributed by atoms with van der Waals surface area (Å²) in [7, 11) is 0. The van der Waals surface area contributed by atoms with Gasteiger partial charge in [0.05, 0.1) is 0 Å². The van der Waals surface area contributed by atoms with Gasteiger partial charge in [-0.15, -0.1) is 0 Å². The first-order valence-corrected chi connectivity index (χ1v) is 5.67. The fourth-order valence-corrected chi connectivity index (χ4v) is 2.06. The second-order valence-corrected chi connectivity index (χ2v) is 4.29. The lowest BCUT2D eigenvalue weighted by atomic mass is 9.89. The fraction of sp³-hybridized carbons (Fsp3) is 0.571. The van der Waals surface area contributed by atoms with E-state index >= 15 is 0 Å². The zero-order valence-electron chi connectivity index (χ0n) is 10.1. The van der Waals surface area contributed by atoms with E-state index in [9.17, 15) is 0 Å². The summed E-state index contributed by atoms with van der Waals surface area (Å²) >= 11 is 0. The maximum absolute atomic E-state index is 2.36. The Labute approximate surface area is 88.4 Å². The van der Waals surface area contributed by atoms with Gasteiger partial charge in [0.15, 0.2) is 0 Å². The van der Waals surface area contributed by atoms with Gasteiger partial charge >= 0.3 is 0 Å². The second-order valence-electron chi connectivity index (χ2n) is 4.29. The third kappa shape index (κ3) is 2.17. The van der Waals surface area contributed by atoms with E-state index in [4.69, 9.17) is 0 Å². The monoisotopic (exact) mass is 190 g/mol. The van der Waals surface area contributed by atoms with E-state index in [0.29, 0.717) is 0 Å². The molecule has 0 heteroatoms. The van der Waals surface area contributed by atoms with Crippen molar-refractivity contribution in [1.29, 1.82) is 0 Å². The largest absolute Gasteiger partial charge is 0.0648 e. The van der Waals surface area contributed by atoms with Gasteiger partial charge in [-0.25, -0.2) is 0 Å². The zero-order chi connectivity index (χ0) is 10.7. The predicted molar refractivity (Wildman–Crippen MR) is 64.0 cm³/mol. The van der Waals surface area contributed by atoms with Crippen molar-refractivity contribution in [1.82, 2.24) is 0 Å². The van der Waals surface area contributed by atoms with Gasteiger partial charge in [-0.05, 0) is 61.8 Å². The molecular formula is C14H22. The summed E-state index contributed by atoms with van der Waals surface area (Å²) in [4.78, 5) is 0. The Morgan fingerprint density at radius 3 is 1.71 bits per heavy atom. The highest BCUT2D eigenvalue weighted by Crippen LogP contribution is 2.26. The van der Waals surface area contributed by atoms with Crippen LogP contribution >= 0.6 is 0 Å². The first-order valence-electron chi connectivity index (χ1n) is 5.67. The number of hydrogen-bond donors (Lipinski definition) is 0. The smallest absolute Gasteiger partial charge is 0.0167 e. The van der Waals surface area contributed by atoms with Crippen LogP contribution in [0.25, 0.3) is 0 Å². The van der Waals surface area contributed by atoms with Crippen LogP contribution < -0.4 is 0 Å². The highest BCUT2D eigenvalue weighted by Gasteiger charge is 2.08. The van der Waals surface area contributed by atoms with Gasteiger partial charge in [0, 0.05) is 0 Å². The number of benzene rings is 1. The molecule has 0 saturated carbocycles. The number of rotatable bonds is 3. The molecule has 1 aromatic rings. The van der Waals surface area contributed by atoms with Crippen molar-refractivity contribution in [3.05, 3.63) is 34.4 Å². The third-order valence-electron chi connectivity index (χ3n) is 3.41. The fourth-order valence-electron chi connectivity index (χ4n) is 2.06. The molecule has 1 rings (SSSR count). The molecule has 0 aliphatic carbocycles. The van der Waals surface area contributed by atoms with Crippen LogP contribution in [0.1, 0.15) is 54.9 Å². The molecule has 0 aromatic heterocycles. The molecule has 0 N–H and O–H groups in total. The van der Waals surface area contributed by atoms with Gasteiger partial charge in [-0.1, -0.05) is 26.0 Å². The average molecular weight is 190 g/mol. The van der Waals surface area contributed by atoms with Crippen LogP contribution in [0.2, 0.25) is 0 Å². The Balaban J connectivity index is 3.11. The Bertz CT molecular complexity index is 283. The molecule has 1 aromatic carbocycles. The quantitative estimate of drug-likeness (QED) is 0.657. The standard InChI is InChI=1S/C14H22/c1-6-13(7-2)14-8-10(3)12(5)11(4)9-14/h8-9,13H,6-7H2,1-5H3. The van der Waals surface area contributed by atoms with Crippen molar-refractivity contribution in [3.63, 3.8) is 0 Å². The van der Waals surface area contributed by atoms with Gasteiger partial charge in [0.25, 0.3) is 0 Å². The molecule has 0 unspecified atom stereocenters. The molecule has 78 valence electrons. The van der Waals surface area contributed by atoms with Crippen LogP contribution in [-0.4, -0.2) is 0 Å². The van der Waals surface area contributed by atoms with Crippen molar-refractivity contribution in [2.24, 2.45) is 0 Å². The third-order valence-corrected chi connectivity index (χ3v) is 3.41. The summed E-state index contributed by atoms with van der Waals surface area (Å²) in [6.07, 6.45) is 2.50. The van der Waals surface area contributed by atoms with Gasteiger partial charge in [-0.2, -0.15) is 0 Å². The van der Waals surface area contributed by atoms with Gasteiger partial charge in [-0.3, -0.25) is 0 Å². The van der Waals surface area contributed by atoms with Gasteiger partial charge in [0.2, 0.25) is 0 Å². The van der Waals surface area contributed by atoms with Crippen LogP contribution in [0, 0.1) is 20.8 Å². The minimum atomic E-state index is 0.744. The number of aryl methyl sites for hydroxylation is 2. The zero-order valence-corrected chi connectivity index (χ0v) is 10.1. The van der Waals surface area contributed by atoms with Crippen LogP contribution in [0.3, 0.4) is 0 Å². The van der Waals surface area contributed by atoms with Crippen molar-refractivity contribution < 1.29 is 0 Å². The highest BCUT2D eigenvalue weighted by atomic mass is 14.1. The molecule has 0 fully saturated rings. The molecule has 0 spiro atoms. The molecule has 0 atom stereocenters. The van der Waals surface area contributed by atoms with E-state index < -0.39 is 0 Å². The molecule has 0 radical (unpaired) electrons. The summed E-state index contributed by atoms with van der Waals surface area (Å²) < 4.78 is 0. The molecule has 0 heterocycles. The molecule has 0 amide bonds. The first kappa shape index (κ1) is 11.3. The summed E-state index contributed by atoms with van der Waals surface area (Å²) in [5.74, 6) is 0.744. The molecule has 0 aliphatic rings. The lowest BCUT2D eigenvalue weighted by Crippen LogP contribution is -1.98. The van der Waals surface area contributed by atoms with Crippen LogP contribution in [-0.2, 0) is 0 Å². The minimum Gasteiger partial charge on any atom is -0.0648 e. The van der Waals surface area contributed by atoms with Crippen molar-refractivity contribution >= 4 is 0 Å². The predicted octanol–water partition coefficient (Wildman–Crippen LogP) is 4.52. The van der Waals surface area contributed by atoms with Crippen molar-refractivity contribution in [3.8, 4) is 0 Å². The minimum absolute atomic E-state index is 0.744. The van der Waals surface area contributed by atoms with E-state index in [2.05, 4.69) is 46.8 Å². The summed E-state index contributed by atoms with van der Waals surface area (Å²) in [6.45, 7) is 11.2. The van der Waals surface area contributed by atoms with Crippen LogP contribution in [0.4, 0.5) is 0 Å². The van der Waals surface area contributed by atoms with Gasteiger partial charge < -0.3 is 0 Å². The van der Waals surface area contributed by atoms with Crippen molar-refractivity contribution in [2.45, 2.75) is 53.4 Å². The Hall–Kier alpha value is -0.780. The lowest BCUT2D eigenvalue weighted by molar-refractivity contribution is 0.640. The maximum atomic E-state index is 2.36. The summed E-state index contributed by atoms with van der Waals surface area (Å²) in [5.41, 5.74) is 5.84.